The van der Waals surface area contributed by atoms with Gasteiger partial charge in [-0.15, -0.1) is 0 Å². The van der Waals surface area contributed by atoms with E-state index >= 15 is 0 Å². The molecule has 2 aliphatic carbocycles. The summed E-state index contributed by atoms with van der Waals surface area (Å²) in [6, 6.07) is 2.89. The van der Waals surface area contributed by atoms with Gasteiger partial charge in [-0.25, -0.2) is 0 Å². The SMILES string of the molecule is Cn1ccc(CNC(C2CC2)C2CC2)n1. The van der Waals surface area contributed by atoms with Crippen molar-refractivity contribution >= 4 is 0 Å². The average molecular weight is 205 g/mol. The topological polar surface area (TPSA) is 29.9 Å². The van der Waals surface area contributed by atoms with E-state index < -0.39 is 0 Å². The number of nitrogens with zero attached hydrogens (tertiary/aromatic N) is 2. The van der Waals surface area contributed by atoms with Gasteiger partial charge in [0.1, 0.15) is 0 Å². The lowest BCUT2D eigenvalue weighted by molar-refractivity contribution is 0.412. The highest BCUT2D eigenvalue weighted by atomic mass is 15.3. The van der Waals surface area contributed by atoms with Gasteiger partial charge in [0.2, 0.25) is 0 Å². The Hall–Kier alpha value is -0.830. The first-order valence-electron chi connectivity index (χ1n) is 6.05. The van der Waals surface area contributed by atoms with Crippen LogP contribution in [0.4, 0.5) is 0 Å². The molecule has 0 aliphatic heterocycles. The van der Waals surface area contributed by atoms with Crippen molar-refractivity contribution in [3.05, 3.63) is 18.0 Å². The number of aromatic nitrogens is 2. The molecule has 0 bridgehead atoms. The Kier molecular flexibility index (Phi) is 2.28. The molecule has 3 rings (SSSR count). The van der Waals surface area contributed by atoms with Gasteiger partial charge in [0, 0.05) is 25.8 Å². The molecular weight excluding hydrogens is 186 g/mol. The highest BCUT2D eigenvalue weighted by Gasteiger charge is 2.40. The first-order chi connectivity index (χ1) is 7.33. The van der Waals surface area contributed by atoms with Crippen LogP contribution in [0.25, 0.3) is 0 Å². The first kappa shape index (κ1) is 9.40. The summed E-state index contributed by atoms with van der Waals surface area (Å²) < 4.78 is 1.88. The molecule has 82 valence electrons. The Morgan fingerprint density at radius 3 is 2.53 bits per heavy atom. The fourth-order valence-electron chi connectivity index (χ4n) is 2.41. The van der Waals surface area contributed by atoms with Crippen molar-refractivity contribution in [2.24, 2.45) is 18.9 Å². The van der Waals surface area contributed by atoms with Crippen molar-refractivity contribution in [2.45, 2.75) is 38.3 Å². The van der Waals surface area contributed by atoms with E-state index in [-0.39, 0.29) is 0 Å². The second kappa shape index (κ2) is 3.63. The van der Waals surface area contributed by atoms with Crippen molar-refractivity contribution in [2.75, 3.05) is 0 Å². The van der Waals surface area contributed by atoms with Crippen LogP contribution >= 0.6 is 0 Å². The van der Waals surface area contributed by atoms with Gasteiger partial charge in [0.05, 0.1) is 5.69 Å². The lowest BCUT2D eigenvalue weighted by atomic mass is 10.1. The minimum atomic E-state index is 0.784. The number of nitrogens with one attached hydrogen (secondary N) is 1. The highest BCUT2D eigenvalue weighted by molar-refractivity contribution is 5.01. The van der Waals surface area contributed by atoms with Gasteiger partial charge in [-0.05, 0) is 43.6 Å². The third-order valence-corrected chi connectivity index (χ3v) is 3.55. The van der Waals surface area contributed by atoms with E-state index in [9.17, 15) is 0 Å². The third-order valence-electron chi connectivity index (χ3n) is 3.55. The van der Waals surface area contributed by atoms with E-state index in [1.165, 1.54) is 31.4 Å². The third kappa shape index (κ3) is 2.23. The van der Waals surface area contributed by atoms with Crippen molar-refractivity contribution in [1.29, 1.82) is 0 Å². The highest BCUT2D eigenvalue weighted by Crippen LogP contribution is 2.44. The minimum Gasteiger partial charge on any atom is -0.308 e. The van der Waals surface area contributed by atoms with Gasteiger partial charge >= 0.3 is 0 Å². The lowest BCUT2D eigenvalue weighted by Crippen LogP contribution is -2.32. The number of aryl methyl sites for hydroxylation is 1. The van der Waals surface area contributed by atoms with Gasteiger partial charge in [0.15, 0.2) is 0 Å². The van der Waals surface area contributed by atoms with Crippen LogP contribution in [0.2, 0.25) is 0 Å². The number of rotatable bonds is 5. The fraction of sp³-hybridized carbons (Fsp3) is 0.750. The molecule has 3 heteroatoms. The van der Waals surface area contributed by atoms with Crippen LogP contribution < -0.4 is 5.32 Å². The van der Waals surface area contributed by atoms with E-state index in [1.807, 2.05) is 17.9 Å². The molecule has 15 heavy (non-hydrogen) atoms. The van der Waals surface area contributed by atoms with E-state index in [4.69, 9.17) is 0 Å². The van der Waals surface area contributed by atoms with Gasteiger partial charge in [-0.3, -0.25) is 4.68 Å². The largest absolute Gasteiger partial charge is 0.308 e. The minimum absolute atomic E-state index is 0.784. The molecule has 1 N–H and O–H groups in total. The molecular formula is C12H19N3. The first-order valence-corrected chi connectivity index (χ1v) is 6.05. The van der Waals surface area contributed by atoms with Crippen LogP contribution in [0.15, 0.2) is 12.3 Å². The van der Waals surface area contributed by atoms with Gasteiger partial charge < -0.3 is 5.32 Å². The van der Waals surface area contributed by atoms with Crippen LogP contribution in [0, 0.1) is 11.8 Å². The maximum absolute atomic E-state index is 4.40. The summed E-state index contributed by atoms with van der Waals surface area (Å²) in [5.41, 5.74) is 1.17. The Balaban J connectivity index is 1.55. The van der Waals surface area contributed by atoms with E-state index in [0.29, 0.717) is 0 Å². The molecule has 0 amide bonds. The second-order valence-electron chi connectivity index (χ2n) is 5.06. The van der Waals surface area contributed by atoms with Gasteiger partial charge in [-0.2, -0.15) is 5.10 Å². The normalized spacial score (nSPS) is 21.2. The van der Waals surface area contributed by atoms with Crippen LogP contribution in [-0.2, 0) is 13.6 Å². The zero-order valence-electron chi connectivity index (χ0n) is 9.32. The zero-order chi connectivity index (χ0) is 10.3. The summed E-state index contributed by atoms with van der Waals surface area (Å²) in [5.74, 6) is 1.95. The van der Waals surface area contributed by atoms with Crippen molar-refractivity contribution in [3.8, 4) is 0 Å². The summed E-state index contributed by atoms with van der Waals surface area (Å²) in [5, 5.41) is 8.09. The molecule has 1 aromatic rings. The summed E-state index contributed by atoms with van der Waals surface area (Å²) in [7, 11) is 1.97. The molecule has 0 spiro atoms. The molecule has 2 fully saturated rings. The predicted octanol–water partition coefficient (Wildman–Crippen LogP) is 1.70. The number of hydrogen-bond acceptors (Lipinski definition) is 2. The molecule has 0 saturated heterocycles. The maximum atomic E-state index is 4.40. The Labute approximate surface area is 90.9 Å². The maximum Gasteiger partial charge on any atom is 0.0762 e. The molecule has 0 aromatic carbocycles. The lowest BCUT2D eigenvalue weighted by Gasteiger charge is -2.16. The van der Waals surface area contributed by atoms with E-state index in [1.54, 1.807) is 0 Å². The molecule has 0 atom stereocenters. The van der Waals surface area contributed by atoms with Crippen LogP contribution in [0.1, 0.15) is 31.4 Å². The molecule has 0 unspecified atom stereocenters. The van der Waals surface area contributed by atoms with Gasteiger partial charge in [-0.1, -0.05) is 0 Å². The van der Waals surface area contributed by atoms with Crippen molar-refractivity contribution < 1.29 is 0 Å². The van der Waals surface area contributed by atoms with Crippen molar-refractivity contribution in [1.82, 2.24) is 15.1 Å². The summed E-state index contributed by atoms with van der Waals surface area (Å²) in [6.07, 6.45) is 7.78. The summed E-state index contributed by atoms with van der Waals surface area (Å²) >= 11 is 0. The Morgan fingerprint density at radius 2 is 2.07 bits per heavy atom. The fourth-order valence-corrected chi connectivity index (χ4v) is 2.41. The smallest absolute Gasteiger partial charge is 0.0762 e. The summed E-state index contributed by atoms with van der Waals surface area (Å²) in [4.78, 5) is 0. The standard InChI is InChI=1S/C12H19N3/c1-15-7-6-11(14-15)8-13-12(9-2-3-9)10-4-5-10/h6-7,9-10,12-13H,2-5,8H2,1H3. The van der Waals surface area contributed by atoms with Crippen LogP contribution in [0.5, 0.6) is 0 Å². The van der Waals surface area contributed by atoms with E-state index in [0.717, 1.165) is 24.4 Å². The van der Waals surface area contributed by atoms with Crippen molar-refractivity contribution in [3.63, 3.8) is 0 Å². The quantitative estimate of drug-likeness (QED) is 0.793. The Morgan fingerprint density at radius 1 is 1.40 bits per heavy atom. The molecule has 2 aliphatic rings. The average Bonchev–Trinajstić information content (AvgIpc) is 3.09. The van der Waals surface area contributed by atoms with E-state index in [2.05, 4.69) is 16.5 Å². The Bertz CT molecular complexity index is 324. The van der Waals surface area contributed by atoms with Gasteiger partial charge in [0.25, 0.3) is 0 Å². The molecule has 1 heterocycles. The van der Waals surface area contributed by atoms with Crippen LogP contribution in [0.3, 0.4) is 0 Å². The molecule has 3 nitrogen and oxygen atoms in total. The van der Waals surface area contributed by atoms with Crippen LogP contribution in [-0.4, -0.2) is 15.8 Å². The predicted molar refractivity (Wildman–Crippen MR) is 59.3 cm³/mol. The molecule has 1 aromatic heterocycles. The molecule has 2 saturated carbocycles. The zero-order valence-corrected chi connectivity index (χ0v) is 9.32. The number of hydrogen-bond donors (Lipinski definition) is 1. The second-order valence-corrected chi connectivity index (χ2v) is 5.06. The monoisotopic (exact) mass is 205 g/mol. The summed E-state index contributed by atoms with van der Waals surface area (Å²) in [6.45, 7) is 0.943. The molecule has 0 radical (unpaired) electrons.